The number of fused-ring (bicyclic) bond motifs is 1. The molecule has 172 valence electrons. The summed E-state index contributed by atoms with van der Waals surface area (Å²) >= 11 is 2.26. The number of benzene rings is 1. The predicted octanol–water partition coefficient (Wildman–Crippen LogP) is 4.49. The Kier molecular flexibility index (Phi) is 6.98. The highest BCUT2D eigenvalue weighted by Crippen LogP contribution is 2.45. The summed E-state index contributed by atoms with van der Waals surface area (Å²) in [5.74, 6) is -0.164. The van der Waals surface area contributed by atoms with E-state index in [0.29, 0.717) is 18.7 Å². The third-order valence-corrected chi connectivity index (χ3v) is 8.41. The Morgan fingerprint density at radius 2 is 2.09 bits per heavy atom. The van der Waals surface area contributed by atoms with E-state index < -0.39 is 16.1 Å². The Morgan fingerprint density at radius 1 is 1.34 bits per heavy atom. The summed E-state index contributed by atoms with van der Waals surface area (Å²) < 4.78 is 15.8. The fourth-order valence-electron chi connectivity index (χ4n) is 4.25. The van der Waals surface area contributed by atoms with E-state index in [1.165, 1.54) is 0 Å². The number of halogens is 1. The predicted molar refractivity (Wildman–Crippen MR) is 130 cm³/mol. The highest BCUT2D eigenvalue weighted by Gasteiger charge is 2.45. The minimum atomic E-state index is -1.27. The number of carbonyl (C=O) groups is 1. The number of hydrogen-bond donors (Lipinski definition) is 2. The molecule has 1 saturated carbocycles. The first-order valence-electron chi connectivity index (χ1n) is 11.1. The standard InChI is InChI=1S/C24H30BrN3O3S/c1-24(2,3)32(31)28-14-16-13-19(23(30)26-18-8-5-9-18)27-22(21(16)20(28)10-11-29)15-6-4-7-17(25)12-15/h4,6-7,12-13,18,20,29H,5,8-11,14H2,1-3H3,(H,26,30)/t20-,32?/m0/s1. The van der Waals surface area contributed by atoms with E-state index in [-0.39, 0.29) is 24.6 Å². The van der Waals surface area contributed by atoms with E-state index in [4.69, 9.17) is 4.98 Å². The zero-order valence-corrected chi connectivity index (χ0v) is 21.1. The van der Waals surface area contributed by atoms with Crippen LogP contribution in [0.2, 0.25) is 0 Å². The van der Waals surface area contributed by atoms with Crippen molar-refractivity contribution in [1.82, 2.24) is 14.6 Å². The Balaban J connectivity index is 1.82. The second kappa shape index (κ2) is 9.43. The zero-order valence-electron chi connectivity index (χ0n) is 18.7. The molecule has 2 aromatic rings. The fourth-order valence-corrected chi connectivity index (χ4v) is 6.05. The lowest BCUT2D eigenvalue weighted by atomic mass is 9.93. The van der Waals surface area contributed by atoms with Crippen LogP contribution in [0.4, 0.5) is 0 Å². The van der Waals surface area contributed by atoms with Gasteiger partial charge in [0.15, 0.2) is 0 Å². The van der Waals surface area contributed by atoms with Crippen molar-refractivity contribution in [3.05, 3.63) is 51.6 Å². The van der Waals surface area contributed by atoms with E-state index >= 15 is 0 Å². The van der Waals surface area contributed by atoms with Gasteiger partial charge >= 0.3 is 0 Å². The molecule has 2 heterocycles. The second-order valence-electron chi connectivity index (χ2n) is 9.51. The van der Waals surface area contributed by atoms with Gasteiger partial charge in [0.25, 0.3) is 5.91 Å². The minimum Gasteiger partial charge on any atom is -0.597 e. The molecule has 2 N–H and O–H groups in total. The number of amides is 1. The molecule has 1 amide bonds. The van der Waals surface area contributed by atoms with Crippen molar-refractivity contribution in [2.45, 2.75) is 69.8 Å². The van der Waals surface area contributed by atoms with Gasteiger partial charge in [-0.2, -0.15) is 0 Å². The average molecular weight is 520 g/mol. The summed E-state index contributed by atoms with van der Waals surface area (Å²) in [6.07, 6.45) is 3.60. The van der Waals surface area contributed by atoms with E-state index in [1.807, 2.05) is 55.4 Å². The quantitative estimate of drug-likeness (QED) is 0.548. The van der Waals surface area contributed by atoms with Crippen LogP contribution in [0.15, 0.2) is 34.8 Å². The first kappa shape index (κ1) is 23.7. The number of rotatable bonds is 6. The molecule has 1 aliphatic heterocycles. The largest absolute Gasteiger partial charge is 0.597 e. The molecule has 4 rings (SSSR count). The van der Waals surface area contributed by atoms with E-state index in [1.54, 1.807) is 0 Å². The first-order valence-corrected chi connectivity index (χ1v) is 13.0. The van der Waals surface area contributed by atoms with Crippen molar-refractivity contribution in [2.24, 2.45) is 0 Å². The molecule has 2 atom stereocenters. The summed E-state index contributed by atoms with van der Waals surface area (Å²) in [5.41, 5.74) is 3.89. The zero-order chi connectivity index (χ0) is 23.0. The minimum absolute atomic E-state index is 0.0240. The van der Waals surface area contributed by atoms with Crippen LogP contribution < -0.4 is 5.32 Å². The van der Waals surface area contributed by atoms with Crippen LogP contribution >= 0.6 is 15.9 Å². The van der Waals surface area contributed by atoms with Gasteiger partial charge in [0, 0.05) is 39.6 Å². The van der Waals surface area contributed by atoms with Gasteiger partial charge in [-0.25, -0.2) is 4.98 Å². The number of aliphatic hydroxyl groups is 1. The van der Waals surface area contributed by atoms with Gasteiger partial charge in [0.05, 0.1) is 18.3 Å². The molecular formula is C24H30BrN3O3S. The molecule has 0 radical (unpaired) electrons. The van der Waals surface area contributed by atoms with Crippen LogP contribution in [0.1, 0.15) is 74.1 Å². The molecule has 0 spiro atoms. The van der Waals surface area contributed by atoms with E-state index in [9.17, 15) is 14.5 Å². The number of aromatic nitrogens is 1. The number of pyridine rings is 1. The molecule has 1 fully saturated rings. The van der Waals surface area contributed by atoms with Gasteiger partial charge < -0.3 is 15.0 Å². The average Bonchev–Trinajstić information content (AvgIpc) is 3.07. The lowest BCUT2D eigenvalue weighted by Gasteiger charge is -2.33. The van der Waals surface area contributed by atoms with Gasteiger partial charge in [0.2, 0.25) is 0 Å². The van der Waals surface area contributed by atoms with Crippen molar-refractivity contribution in [3.8, 4) is 11.3 Å². The molecule has 0 saturated heterocycles. The van der Waals surface area contributed by atoms with Crippen LogP contribution in [-0.4, -0.2) is 42.3 Å². The normalized spacial score (nSPS) is 20.0. The van der Waals surface area contributed by atoms with Gasteiger partial charge in [-0.05, 0) is 70.2 Å². The molecule has 1 aliphatic carbocycles. The summed E-state index contributed by atoms with van der Waals surface area (Å²) in [5, 5.41) is 12.9. The third kappa shape index (κ3) is 4.75. The molecule has 2 aliphatic rings. The molecule has 8 heteroatoms. The van der Waals surface area contributed by atoms with Crippen molar-refractivity contribution in [2.75, 3.05) is 6.61 Å². The van der Waals surface area contributed by atoms with Gasteiger partial charge in [-0.3, -0.25) is 4.79 Å². The topological polar surface area (TPSA) is 88.5 Å². The maximum atomic E-state index is 13.4. The molecule has 32 heavy (non-hydrogen) atoms. The van der Waals surface area contributed by atoms with E-state index in [2.05, 4.69) is 21.2 Å². The van der Waals surface area contributed by atoms with Gasteiger partial charge in [0.1, 0.15) is 10.4 Å². The van der Waals surface area contributed by atoms with Crippen molar-refractivity contribution in [1.29, 1.82) is 0 Å². The maximum Gasteiger partial charge on any atom is 0.270 e. The Bertz CT molecular complexity index is 1010. The smallest absolute Gasteiger partial charge is 0.270 e. The first-order chi connectivity index (χ1) is 15.2. The van der Waals surface area contributed by atoms with Crippen LogP contribution in [0.25, 0.3) is 11.3 Å². The molecular weight excluding hydrogens is 490 g/mol. The highest BCUT2D eigenvalue weighted by molar-refractivity contribution is 9.10. The lowest BCUT2D eigenvalue weighted by molar-refractivity contribution is 0.0912. The number of carbonyl (C=O) groups excluding carboxylic acids is 1. The van der Waals surface area contributed by atoms with Crippen LogP contribution in [0, 0.1) is 0 Å². The summed E-state index contributed by atoms with van der Waals surface area (Å²) in [6, 6.07) is 9.67. The Morgan fingerprint density at radius 3 is 2.69 bits per heavy atom. The number of aliphatic hydroxyl groups excluding tert-OH is 1. The molecule has 1 aromatic heterocycles. The molecule has 0 bridgehead atoms. The number of nitrogens with zero attached hydrogens (tertiary/aromatic N) is 2. The van der Waals surface area contributed by atoms with Crippen molar-refractivity contribution < 1.29 is 14.5 Å². The van der Waals surface area contributed by atoms with E-state index in [0.717, 1.165) is 46.1 Å². The fraction of sp³-hybridized carbons (Fsp3) is 0.500. The number of nitrogens with one attached hydrogen (secondary N) is 1. The van der Waals surface area contributed by atoms with Crippen LogP contribution in [-0.2, 0) is 17.9 Å². The third-order valence-electron chi connectivity index (χ3n) is 6.06. The summed E-state index contributed by atoms with van der Waals surface area (Å²) in [4.78, 5) is 17.8. The van der Waals surface area contributed by atoms with Crippen molar-refractivity contribution in [3.63, 3.8) is 0 Å². The maximum absolute atomic E-state index is 13.4. The molecule has 1 aromatic carbocycles. The SMILES string of the molecule is CC(C)(C)[S+]([O-])N1Cc2cc(C(=O)NC3CCC3)nc(-c3cccc(Br)c3)c2[C@@H]1CCO. The summed E-state index contributed by atoms with van der Waals surface area (Å²) in [7, 11) is 0. The lowest BCUT2D eigenvalue weighted by Crippen LogP contribution is -2.42. The Hall–Kier alpha value is -1.45. The van der Waals surface area contributed by atoms with Gasteiger partial charge in [-0.1, -0.05) is 28.1 Å². The highest BCUT2D eigenvalue weighted by atomic mass is 79.9. The van der Waals surface area contributed by atoms with Crippen LogP contribution in [0.5, 0.6) is 0 Å². The van der Waals surface area contributed by atoms with Crippen molar-refractivity contribution >= 4 is 33.2 Å². The Labute approximate surface area is 201 Å². The summed E-state index contributed by atoms with van der Waals surface area (Å²) in [6.45, 7) is 6.29. The van der Waals surface area contributed by atoms with Crippen LogP contribution in [0.3, 0.4) is 0 Å². The molecule has 1 unspecified atom stereocenters. The molecule has 6 nitrogen and oxygen atoms in total. The van der Waals surface area contributed by atoms with Gasteiger partial charge in [-0.15, -0.1) is 4.31 Å². The monoisotopic (exact) mass is 519 g/mol. The number of hydrogen-bond acceptors (Lipinski definition) is 5. The second-order valence-corrected chi connectivity index (χ2v) is 12.6.